The Morgan fingerprint density at radius 1 is 1.25 bits per heavy atom. The summed E-state index contributed by atoms with van der Waals surface area (Å²) in [4.78, 5) is 16.8. The van der Waals surface area contributed by atoms with Crippen molar-refractivity contribution in [1.29, 1.82) is 0 Å². The van der Waals surface area contributed by atoms with Gasteiger partial charge in [-0.2, -0.15) is 0 Å². The fourth-order valence-corrected chi connectivity index (χ4v) is 2.34. The Labute approximate surface area is 155 Å². The molecule has 2 aromatic rings. The SMILES string of the molecule is O=C(NOCCO)c1cc(Cl)c(F)c(F)c1Nc1ccc(I)cc1. The summed E-state index contributed by atoms with van der Waals surface area (Å²) in [7, 11) is 0. The van der Waals surface area contributed by atoms with Gasteiger partial charge in [-0.1, -0.05) is 11.6 Å². The highest BCUT2D eigenvalue weighted by molar-refractivity contribution is 14.1. The molecule has 5 nitrogen and oxygen atoms in total. The first kappa shape index (κ1) is 18.8. The third kappa shape index (κ3) is 4.53. The number of carbonyl (C=O) groups excluding carboxylic acids is 1. The fourth-order valence-electron chi connectivity index (χ4n) is 1.79. The molecule has 2 rings (SSSR count). The molecule has 0 unspecified atom stereocenters. The molecular formula is C15H12ClF2IN2O3. The maximum absolute atomic E-state index is 14.3. The molecule has 3 N–H and O–H groups in total. The molecule has 0 radical (unpaired) electrons. The largest absolute Gasteiger partial charge is 0.394 e. The predicted octanol–water partition coefficient (Wildman–Crippen LogP) is 3.62. The van der Waals surface area contributed by atoms with Gasteiger partial charge in [0.2, 0.25) is 0 Å². The van der Waals surface area contributed by atoms with Crippen molar-refractivity contribution in [3.8, 4) is 0 Å². The average Bonchev–Trinajstić information content (AvgIpc) is 2.57. The number of aliphatic hydroxyl groups excluding tert-OH is 1. The second-order valence-corrected chi connectivity index (χ2v) is 6.20. The molecule has 0 saturated heterocycles. The molecule has 24 heavy (non-hydrogen) atoms. The second kappa shape index (κ2) is 8.56. The van der Waals surface area contributed by atoms with Crippen molar-refractivity contribution in [3.05, 3.63) is 56.1 Å². The molecule has 0 aromatic heterocycles. The van der Waals surface area contributed by atoms with Crippen molar-refractivity contribution in [1.82, 2.24) is 5.48 Å². The molecule has 1 amide bonds. The topological polar surface area (TPSA) is 70.6 Å². The number of aliphatic hydroxyl groups is 1. The summed E-state index contributed by atoms with van der Waals surface area (Å²) in [6, 6.07) is 7.82. The van der Waals surface area contributed by atoms with E-state index in [0.717, 1.165) is 9.64 Å². The van der Waals surface area contributed by atoms with E-state index < -0.39 is 22.6 Å². The number of nitrogens with one attached hydrogen (secondary N) is 2. The molecule has 0 aliphatic heterocycles. The lowest BCUT2D eigenvalue weighted by atomic mass is 10.1. The van der Waals surface area contributed by atoms with Gasteiger partial charge in [0.25, 0.3) is 5.91 Å². The first-order chi connectivity index (χ1) is 11.4. The average molecular weight is 469 g/mol. The summed E-state index contributed by atoms with van der Waals surface area (Å²) in [5, 5.41) is 10.8. The molecule has 0 fully saturated rings. The highest BCUT2D eigenvalue weighted by atomic mass is 127. The molecule has 0 heterocycles. The first-order valence-electron chi connectivity index (χ1n) is 6.67. The van der Waals surface area contributed by atoms with Gasteiger partial charge in [0.1, 0.15) is 0 Å². The first-order valence-corrected chi connectivity index (χ1v) is 8.12. The summed E-state index contributed by atoms with van der Waals surface area (Å²) < 4.78 is 29.0. The third-order valence-electron chi connectivity index (χ3n) is 2.88. The van der Waals surface area contributed by atoms with Gasteiger partial charge < -0.3 is 10.4 Å². The Kier molecular flexibility index (Phi) is 6.72. The molecule has 0 spiro atoms. The van der Waals surface area contributed by atoms with Gasteiger partial charge in [-0.3, -0.25) is 9.63 Å². The van der Waals surface area contributed by atoms with Crippen molar-refractivity contribution >= 4 is 51.5 Å². The van der Waals surface area contributed by atoms with E-state index in [1.807, 2.05) is 5.48 Å². The van der Waals surface area contributed by atoms with Gasteiger partial charge in [-0.15, -0.1) is 0 Å². The van der Waals surface area contributed by atoms with E-state index in [9.17, 15) is 13.6 Å². The number of rotatable bonds is 6. The number of amides is 1. The standard InChI is InChI=1S/C15H12ClF2IN2O3/c16-11-7-10(15(23)21-24-6-5-22)14(13(18)12(11)17)20-9-3-1-8(19)2-4-9/h1-4,7,20,22H,5-6H2,(H,21,23). The minimum absolute atomic E-state index is 0.150. The maximum Gasteiger partial charge on any atom is 0.277 e. The summed E-state index contributed by atoms with van der Waals surface area (Å²) in [5.74, 6) is -3.39. The van der Waals surface area contributed by atoms with Gasteiger partial charge in [0.05, 0.1) is 29.5 Å². The molecule has 0 aliphatic rings. The number of hydrogen-bond acceptors (Lipinski definition) is 4. The van der Waals surface area contributed by atoms with E-state index in [-0.39, 0.29) is 24.5 Å². The Bertz CT molecular complexity index is 744. The zero-order valence-corrected chi connectivity index (χ0v) is 15.0. The third-order valence-corrected chi connectivity index (χ3v) is 3.87. The predicted molar refractivity (Wildman–Crippen MR) is 94.3 cm³/mol. The maximum atomic E-state index is 14.3. The number of anilines is 2. The van der Waals surface area contributed by atoms with E-state index in [2.05, 4.69) is 27.9 Å². The zero-order chi connectivity index (χ0) is 17.7. The lowest BCUT2D eigenvalue weighted by molar-refractivity contribution is 0.0168. The number of hydroxylamine groups is 1. The molecule has 128 valence electrons. The van der Waals surface area contributed by atoms with Crippen LogP contribution in [0.4, 0.5) is 20.2 Å². The molecule has 2 aromatic carbocycles. The highest BCUT2D eigenvalue weighted by Crippen LogP contribution is 2.31. The molecule has 0 atom stereocenters. The van der Waals surface area contributed by atoms with Crippen molar-refractivity contribution in [2.45, 2.75) is 0 Å². The Hall–Kier alpha value is -1.49. The van der Waals surface area contributed by atoms with Gasteiger partial charge in [-0.25, -0.2) is 14.3 Å². The van der Waals surface area contributed by atoms with E-state index in [0.29, 0.717) is 5.69 Å². The van der Waals surface area contributed by atoms with Gasteiger partial charge in [0, 0.05) is 9.26 Å². The Balaban J connectivity index is 2.38. The molecule has 9 heteroatoms. The molecule has 0 bridgehead atoms. The number of benzene rings is 2. The summed E-state index contributed by atoms with van der Waals surface area (Å²) in [6.07, 6.45) is 0. The van der Waals surface area contributed by atoms with Crippen molar-refractivity contribution in [2.75, 3.05) is 18.5 Å². The van der Waals surface area contributed by atoms with Gasteiger partial charge >= 0.3 is 0 Å². The van der Waals surface area contributed by atoms with E-state index in [1.54, 1.807) is 24.3 Å². The van der Waals surface area contributed by atoms with Crippen LogP contribution in [-0.2, 0) is 4.84 Å². The van der Waals surface area contributed by atoms with Crippen LogP contribution in [0.5, 0.6) is 0 Å². The lowest BCUT2D eigenvalue weighted by Crippen LogP contribution is -2.26. The number of halogens is 4. The lowest BCUT2D eigenvalue weighted by Gasteiger charge is -2.14. The smallest absolute Gasteiger partial charge is 0.277 e. The second-order valence-electron chi connectivity index (χ2n) is 4.54. The van der Waals surface area contributed by atoms with E-state index >= 15 is 0 Å². The van der Waals surface area contributed by atoms with Crippen LogP contribution in [0.2, 0.25) is 5.02 Å². The fraction of sp³-hybridized carbons (Fsp3) is 0.133. The monoisotopic (exact) mass is 468 g/mol. The number of hydrogen-bond donors (Lipinski definition) is 3. The van der Waals surface area contributed by atoms with Crippen LogP contribution in [0.3, 0.4) is 0 Å². The van der Waals surface area contributed by atoms with Crippen LogP contribution in [0.1, 0.15) is 10.4 Å². The quantitative estimate of drug-likeness (QED) is 0.262. The Morgan fingerprint density at radius 3 is 2.54 bits per heavy atom. The van der Waals surface area contributed by atoms with Crippen LogP contribution >= 0.6 is 34.2 Å². The van der Waals surface area contributed by atoms with Crippen LogP contribution in [0.25, 0.3) is 0 Å². The van der Waals surface area contributed by atoms with E-state index in [1.165, 1.54) is 0 Å². The van der Waals surface area contributed by atoms with Gasteiger partial charge in [0.15, 0.2) is 11.6 Å². The summed E-state index contributed by atoms with van der Waals surface area (Å²) >= 11 is 7.72. The van der Waals surface area contributed by atoms with Gasteiger partial charge in [-0.05, 0) is 52.9 Å². The van der Waals surface area contributed by atoms with Crippen LogP contribution < -0.4 is 10.8 Å². The normalized spacial score (nSPS) is 10.5. The van der Waals surface area contributed by atoms with Crippen LogP contribution in [0, 0.1) is 15.2 Å². The molecule has 0 aliphatic carbocycles. The van der Waals surface area contributed by atoms with Crippen molar-refractivity contribution in [2.24, 2.45) is 0 Å². The van der Waals surface area contributed by atoms with Crippen LogP contribution in [-0.4, -0.2) is 24.2 Å². The van der Waals surface area contributed by atoms with Crippen LogP contribution in [0.15, 0.2) is 30.3 Å². The summed E-state index contributed by atoms with van der Waals surface area (Å²) in [6.45, 7) is -0.463. The van der Waals surface area contributed by atoms with Crippen molar-refractivity contribution < 1.29 is 23.5 Å². The molecule has 0 saturated carbocycles. The van der Waals surface area contributed by atoms with Crippen molar-refractivity contribution in [3.63, 3.8) is 0 Å². The van der Waals surface area contributed by atoms with E-state index in [4.69, 9.17) is 21.5 Å². The Morgan fingerprint density at radius 2 is 1.92 bits per heavy atom. The molecular weight excluding hydrogens is 457 g/mol. The summed E-state index contributed by atoms with van der Waals surface area (Å²) in [5.41, 5.74) is 1.87. The number of carbonyl (C=O) groups is 1. The minimum atomic E-state index is -1.28. The zero-order valence-electron chi connectivity index (χ0n) is 12.1. The highest BCUT2D eigenvalue weighted by Gasteiger charge is 2.22. The minimum Gasteiger partial charge on any atom is -0.394 e.